The first-order chi connectivity index (χ1) is 10.8. The van der Waals surface area contributed by atoms with Gasteiger partial charge in [-0.05, 0) is 37.0 Å². The minimum absolute atomic E-state index is 0.385. The van der Waals surface area contributed by atoms with Crippen LogP contribution in [-0.2, 0) is 6.54 Å². The summed E-state index contributed by atoms with van der Waals surface area (Å²) in [5.41, 5.74) is 3.77. The standard InChI is InChI=1S/C16H12ClN5/c17-15-13(11-3-4-12(7-18)19-8-11)5-6-14-16(15)20-21-22(14)9-10-1-2-10/h3-6,8,10H,1-2,9H2. The third-order valence-electron chi connectivity index (χ3n) is 3.94. The van der Waals surface area contributed by atoms with Crippen LogP contribution in [0.15, 0.2) is 30.5 Å². The second-order valence-electron chi connectivity index (χ2n) is 5.55. The monoisotopic (exact) mass is 309 g/mol. The molecule has 108 valence electrons. The van der Waals surface area contributed by atoms with Gasteiger partial charge in [-0.3, -0.25) is 0 Å². The maximum Gasteiger partial charge on any atom is 0.140 e. The first-order valence-electron chi connectivity index (χ1n) is 7.14. The molecule has 0 spiro atoms. The number of rotatable bonds is 3. The van der Waals surface area contributed by atoms with E-state index >= 15 is 0 Å². The molecule has 6 heteroatoms. The van der Waals surface area contributed by atoms with Crippen molar-refractivity contribution < 1.29 is 0 Å². The molecule has 1 fully saturated rings. The minimum atomic E-state index is 0.385. The average molecular weight is 310 g/mol. The van der Waals surface area contributed by atoms with E-state index < -0.39 is 0 Å². The van der Waals surface area contributed by atoms with Crippen molar-refractivity contribution in [1.82, 2.24) is 20.0 Å². The van der Waals surface area contributed by atoms with Gasteiger partial charge in [0, 0.05) is 23.9 Å². The van der Waals surface area contributed by atoms with Gasteiger partial charge in [0.2, 0.25) is 0 Å². The number of benzene rings is 1. The molecular formula is C16H12ClN5. The lowest BCUT2D eigenvalue weighted by Gasteiger charge is -2.05. The molecule has 5 nitrogen and oxygen atoms in total. The van der Waals surface area contributed by atoms with Gasteiger partial charge >= 0.3 is 0 Å². The molecule has 2 aromatic heterocycles. The van der Waals surface area contributed by atoms with E-state index in [4.69, 9.17) is 16.9 Å². The molecule has 0 radical (unpaired) electrons. The summed E-state index contributed by atoms with van der Waals surface area (Å²) in [6.45, 7) is 0.907. The van der Waals surface area contributed by atoms with E-state index in [-0.39, 0.29) is 0 Å². The number of hydrogen-bond acceptors (Lipinski definition) is 4. The number of hydrogen-bond donors (Lipinski definition) is 0. The summed E-state index contributed by atoms with van der Waals surface area (Å²) in [7, 11) is 0. The van der Waals surface area contributed by atoms with Crippen LogP contribution in [0.2, 0.25) is 5.02 Å². The van der Waals surface area contributed by atoms with Crippen LogP contribution in [0, 0.1) is 17.2 Å². The fraction of sp³-hybridized carbons (Fsp3) is 0.250. The quantitative estimate of drug-likeness (QED) is 0.743. The van der Waals surface area contributed by atoms with Crippen LogP contribution >= 0.6 is 11.6 Å². The highest BCUT2D eigenvalue weighted by Gasteiger charge is 2.23. The van der Waals surface area contributed by atoms with E-state index in [1.54, 1.807) is 12.3 Å². The summed E-state index contributed by atoms with van der Waals surface area (Å²) in [6, 6.07) is 9.48. The number of pyridine rings is 1. The topological polar surface area (TPSA) is 67.4 Å². The molecule has 22 heavy (non-hydrogen) atoms. The zero-order chi connectivity index (χ0) is 15.1. The smallest absolute Gasteiger partial charge is 0.140 e. The van der Waals surface area contributed by atoms with Crippen LogP contribution in [0.5, 0.6) is 0 Å². The highest BCUT2D eigenvalue weighted by atomic mass is 35.5. The lowest BCUT2D eigenvalue weighted by molar-refractivity contribution is 0.559. The molecule has 1 aliphatic carbocycles. The number of nitrogens with zero attached hydrogens (tertiary/aromatic N) is 5. The molecule has 2 heterocycles. The van der Waals surface area contributed by atoms with Gasteiger partial charge in [0.15, 0.2) is 0 Å². The van der Waals surface area contributed by atoms with Gasteiger partial charge in [0.1, 0.15) is 17.3 Å². The molecule has 0 bridgehead atoms. The molecule has 1 aromatic carbocycles. The zero-order valence-corrected chi connectivity index (χ0v) is 12.5. The first kappa shape index (κ1) is 13.2. The number of nitriles is 1. The van der Waals surface area contributed by atoms with Crippen molar-refractivity contribution >= 4 is 22.6 Å². The Labute approximate surface area is 132 Å². The summed E-state index contributed by atoms with van der Waals surface area (Å²) in [5, 5.41) is 17.8. The lowest BCUT2D eigenvalue weighted by Crippen LogP contribution is -2.01. The third kappa shape index (κ3) is 2.22. The number of aromatic nitrogens is 4. The Hall–Kier alpha value is -2.45. The van der Waals surface area contributed by atoms with E-state index in [1.165, 1.54) is 12.8 Å². The van der Waals surface area contributed by atoms with Gasteiger partial charge in [0.25, 0.3) is 0 Å². The van der Waals surface area contributed by atoms with E-state index in [2.05, 4.69) is 15.3 Å². The maximum atomic E-state index is 8.82. The molecule has 0 amide bonds. The normalized spacial score (nSPS) is 14.2. The lowest BCUT2D eigenvalue weighted by atomic mass is 10.1. The Morgan fingerprint density at radius 1 is 1.27 bits per heavy atom. The van der Waals surface area contributed by atoms with E-state index in [1.807, 2.05) is 29.0 Å². The molecular weight excluding hydrogens is 298 g/mol. The van der Waals surface area contributed by atoms with Crippen molar-refractivity contribution in [3.8, 4) is 17.2 Å². The summed E-state index contributed by atoms with van der Waals surface area (Å²) in [6.07, 6.45) is 4.19. The molecule has 3 aromatic rings. The van der Waals surface area contributed by atoms with Crippen LogP contribution in [0.25, 0.3) is 22.2 Å². The largest absolute Gasteiger partial charge is 0.245 e. The summed E-state index contributed by atoms with van der Waals surface area (Å²) < 4.78 is 1.93. The highest BCUT2D eigenvalue weighted by molar-refractivity contribution is 6.37. The Morgan fingerprint density at radius 2 is 2.14 bits per heavy atom. The van der Waals surface area contributed by atoms with Crippen LogP contribution in [0.3, 0.4) is 0 Å². The van der Waals surface area contributed by atoms with Crippen LogP contribution in [-0.4, -0.2) is 20.0 Å². The summed E-state index contributed by atoms with van der Waals surface area (Å²) >= 11 is 6.51. The summed E-state index contributed by atoms with van der Waals surface area (Å²) in [5.74, 6) is 0.728. The Balaban J connectivity index is 1.78. The minimum Gasteiger partial charge on any atom is -0.245 e. The van der Waals surface area contributed by atoms with E-state index in [9.17, 15) is 0 Å². The fourth-order valence-corrected chi connectivity index (χ4v) is 2.83. The molecule has 0 atom stereocenters. The third-order valence-corrected chi connectivity index (χ3v) is 4.33. The van der Waals surface area contributed by atoms with Gasteiger partial charge in [-0.25, -0.2) is 9.67 Å². The molecule has 0 unspecified atom stereocenters. The van der Waals surface area contributed by atoms with E-state index in [0.717, 1.165) is 29.1 Å². The van der Waals surface area contributed by atoms with Gasteiger partial charge in [-0.15, -0.1) is 5.10 Å². The van der Waals surface area contributed by atoms with Gasteiger partial charge < -0.3 is 0 Å². The molecule has 0 N–H and O–H groups in total. The van der Waals surface area contributed by atoms with Crippen molar-refractivity contribution in [3.63, 3.8) is 0 Å². The van der Waals surface area contributed by atoms with E-state index in [0.29, 0.717) is 16.2 Å². The highest BCUT2D eigenvalue weighted by Crippen LogP contribution is 2.35. The molecule has 0 aliphatic heterocycles. The molecule has 1 saturated carbocycles. The number of halogens is 1. The first-order valence-corrected chi connectivity index (χ1v) is 7.52. The van der Waals surface area contributed by atoms with Crippen molar-refractivity contribution in [3.05, 3.63) is 41.2 Å². The average Bonchev–Trinajstić information content (AvgIpc) is 3.27. The molecule has 0 saturated heterocycles. The van der Waals surface area contributed by atoms with Crippen LogP contribution in [0.4, 0.5) is 0 Å². The van der Waals surface area contributed by atoms with Gasteiger partial charge in [-0.2, -0.15) is 5.26 Å². The maximum absolute atomic E-state index is 8.82. The Kier molecular flexibility index (Phi) is 3.05. The van der Waals surface area contributed by atoms with Crippen molar-refractivity contribution in [2.75, 3.05) is 0 Å². The summed E-state index contributed by atoms with van der Waals surface area (Å²) in [4.78, 5) is 4.09. The second-order valence-corrected chi connectivity index (χ2v) is 5.93. The predicted octanol–water partition coefficient (Wildman–Crippen LogP) is 3.43. The Morgan fingerprint density at radius 3 is 2.82 bits per heavy atom. The molecule has 4 rings (SSSR count). The second kappa shape index (κ2) is 5.08. The van der Waals surface area contributed by atoms with Crippen molar-refractivity contribution in [2.45, 2.75) is 19.4 Å². The van der Waals surface area contributed by atoms with Crippen LogP contribution < -0.4 is 0 Å². The zero-order valence-electron chi connectivity index (χ0n) is 11.7. The fourth-order valence-electron chi connectivity index (χ4n) is 2.53. The predicted molar refractivity (Wildman–Crippen MR) is 83.2 cm³/mol. The van der Waals surface area contributed by atoms with Crippen molar-refractivity contribution in [1.29, 1.82) is 5.26 Å². The molecule has 1 aliphatic rings. The Bertz CT molecular complexity index is 887. The van der Waals surface area contributed by atoms with Gasteiger partial charge in [-0.1, -0.05) is 22.9 Å². The van der Waals surface area contributed by atoms with Crippen LogP contribution in [0.1, 0.15) is 18.5 Å². The number of fused-ring (bicyclic) bond motifs is 1. The SMILES string of the molecule is N#Cc1ccc(-c2ccc3c(nnn3CC3CC3)c2Cl)cn1. The van der Waals surface area contributed by atoms with Gasteiger partial charge in [0.05, 0.1) is 10.5 Å². The van der Waals surface area contributed by atoms with Crippen molar-refractivity contribution in [2.24, 2.45) is 5.92 Å².